The van der Waals surface area contributed by atoms with Crippen LogP contribution in [0.15, 0.2) is 40.8 Å². The summed E-state index contributed by atoms with van der Waals surface area (Å²) in [5.41, 5.74) is 3.55. The van der Waals surface area contributed by atoms with E-state index in [0.29, 0.717) is 12.2 Å². The van der Waals surface area contributed by atoms with Crippen molar-refractivity contribution in [1.29, 1.82) is 0 Å². The van der Waals surface area contributed by atoms with Crippen molar-refractivity contribution in [1.82, 2.24) is 15.6 Å². The molecule has 2 aliphatic carbocycles. The molecule has 3 aliphatic rings. The molecule has 1 unspecified atom stereocenters. The van der Waals surface area contributed by atoms with Gasteiger partial charge in [0.15, 0.2) is 5.78 Å². The molecule has 1 aromatic heterocycles. The lowest BCUT2D eigenvalue weighted by atomic mass is 9.79. The normalized spacial score (nSPS) is 21.9. The predicted octanol–water partition coefficient (Wildman–Crippen LogP) is 3.08. The van der Waals surface area contributed by atoms with Crippen molar-refractivity contribution in [2.24, 2.45) is 16.8 Å². The van der Waals surface area contributed by atoms with Crippen LogP contribution in [0.25, 0.3) is 0 Å². The molecule has 2 N–H and O–H groups in total. The third-order valence-electron chi connectivity index (χ3n) is 5.95. The molecular formula is C23H30N4O2. The number of hydrogen-bond acceptors (Lipinski definition) is 6. The number of hydrogen-bond donors (Lipinski definition) is 2. The molecule has 2 saturated carbocycles. The average Bonchev–Trinajstić information content (AvgIpc) is 3.50. The lowest BCUT2D eigenvalue weighted by molar-refractivity contribution is -0.121. The summed E-state index contributed by atoms with van der Waals surface area (Å²) in [7, 11) is 1.89. The molecule has 1 aliphatic heterocycles. The molecule has 2 heterocycles. The number of likely N-dealkylation sites (N-methyl/N-ethyl adjacent to an activating group) is 1. The number of dihydropyridines is 1. The maximum atomic E-state index is 12.8. The summed E-state index contributed by atoms with van der Waals surface area (Å²) in [6.07, 6.45) is 13.1. The molecule has 6 heteroatoms. The van der Waals surface area contributed by atoms with E-state index in [2.05, 4.69) is 20.6 Å². The van der Waals surface area contributed by atoms with Gasteiger partial charge in [0.05, 0.1) is 36.8 Å². The second-order valence-corrected chi connectivity index (χ2v) is 8.26. The molecule has 6 nitrogen and oxygen atoms in total. The highest BCUT2D eigenvalue weighted by Crippen LogP contribution is 2.31. The molecule has 2 fully saturated rings. The standard InChI is InChI=1S/C23H30N4O2/c1-15-10-18(27-13-21(15)29-14-16-6-7-16)11-25-12-19-20(24-2)8-9-26-22(19)23(28)17-4-3-5-17/h8-10,12-13,16-17,20,24,26H,3-7,11,14H2,1-2H3. The van der Waals surface area contributed by atoms with Gasteiger partial charge in [-0.3, -0.25) is 14.8 Å². The van der Waals surface area contributed by atoms with Gasteiger partial charge in [0.25, 0.3) is 0 Å². The van der Waals surface area contributed by atoms with Gasteiger partial charge in [0.2, 0.25) is 0 Å². The quantitative estimate of drug-likeness (QED) is 0.630. The fraction of sp³-hybridized carbons (Fsp3) is 0.522. The van der Waals surface area contributed by atoms with Crippen molar-refractivity contribution in [3.8, 4) is 5.75 Å². The molecule has 0 radical (unpaired) electrons. The van der Waals surface area contributed by atoms with Crippen LogP contribution in [0.5, 0.6) is 5.75 Å². The van der Waals surface area contributed by atoms with Crippen LogP contribution in [0.1, 0.15) is 43.4 Å². The van der Waals surface area contributed by atoms with Crippen LogP contribution < -0.4 is 15.4 Å². The number of aromatic nitrogens is 1. The van der Waals surface area contributed by atoms with Crippen LogP contribution in [0.3, 0.4) is 0 Å². The summed E-state index contributed by atoms with van der Waals surface area (Å²) in [4.78, 5) is 21.9. The van der Waals surface area contributed by atoms with E-state index in [1.807, 2.05) is 38.5 Å². The second-order valence-electron chi connectivity index (χ2n) is 8.26. The van der Waals surface area contributed by atoms with Crippen molar-refractivity contribution in [2.45, 2.75) is 51.6 Å². The zero-order valence-corrected chi connectivity index (χ0v) is 17.3. The summed E-state index contributed by atoms with van der Waals surface area (Å²) in [5, 5.41) is 6.41. The highest BCUT2D eigenvalue weighted by Gasteiger charge is 2.31. The van der Waals surface area contributed by atoms with Gasteiger partial charge < -0.3 is 15.4 Å². The Hall–Kier alpha value is -2.47. The Morgan fingerprint density at radius 3 is 2.86 bits per heavy atom. The highest BCUT2D eigenvalue weighted by molar-refractivity contribution is 6.03. The Morgan fingerprint density at radius 1 is 1.38 bits per heavy atom. The maximum Gasteiger partial charge on any atom is 0.182 e. The Morgan fingerprint density at radius 2 is 2.21 bits per heavy atom. The number of allylic oxidation sites excluding steroid dienone is 1. The summed E-state index contributed by atoms with van der Waals surface area (Å²) >= 11 is 0. The van der Waals surface area contributed by atoms with E-state index in [-0.39, 0.29) is 17.7 Å². The Bertz CT molecular complexity index is 850. The summed E-state index contributed by atoms with van der Waals surface area (Å²) in [6, 6.07) is 2.01. The minimum atomic E-state index is -0.0214. The molecule has 0 saturated heterocycles. The number of aliphatic imine (C=N–C) groups is 1. The monoisotopic (exact) mass is 394 g/mol. The van der Waals surface area contributed by atoms with Gasteiger partial charge in [-0.15, -0.1) is 0 Å². The number of nitrogens with one attached hydrogen (secondary N) is 2. The zero-order valence-electron chi connectivity index (χ0n) is 17.3. The number of Topliss-reactive ketones (excluding diaryl/α,β-unsaturated/α-hetero) is 1. The minimum Gasteiger partial charge on any atom is -0.491 e. The van der Waals surface area contributed by atoms with Crippen molar-refractivity contribution in [3.05, 3.63) is 47.1 Å². The van der Waals surface area contributed by atoms with Crippen molar-refractivity contribution in [3.63, 3.8) is 0 Å². The number of carbonyl (C=O) groups is 1. The number of rotatable bonds is 9. The number of nitrogens with zero attached hydrogens (tertiary/aromatic N) is 2. The van der Waals surface area contributed by atoms with Gasteiger partial charge in [-0.05, 0) is 69.5 Å². The molecule has 0 aromatic carbocycles. The number of carbonyl (C=O) groups excluding carboxylic acids is 1. The van der Waals surface area contributed by atoms with Crippen LogP contribution in [-0.4, -0.2) is 36.7 Å². The highest BCUT2D eigenvalue weighted by atomic mass is 16.5. The summed E-state index contributed by atoms with van der Waals surface area (Å²) < 4.78 is 5.85. The van der Waals surface area contributed by atoms with Gasteiger partial charge in [0, 0.05) is 17.7 Å². The Labute approximate surface area is 172 Å². The number of aryl methyl sites for hydroxylation is 1. The van der Waals surface area contributed by atoms with Crippen LogP contribution in [0.4, 0.5) is 0 Å². The smallest absolute Gasteiger partial charge is 0.182 e. The van der Waals surface area contributed by atoms with E-state index >= 15 is 0 Å². The Kier molecular flexibility index (Phi) is 6.09. The second kappa shape index (κ2) is 8.91. The summed E-state index contributed by atoms with van der Waals surface area (Å²) in [5.74, 6) is 1.94. The molecule has 4 rings (SSSR count). The molecule has 154 valence electrons. The van der Waals surface area contributed by atoms with Gasteiger partial charge in [-0.2, -0.15) is 0 Å². The molecule has 0 bridgehead atoms. The first-order chi connectivity index (χ1) is 14.2. The van der Waals surface area contributed by atoms with Crippen LogP contribution >= 0.6 is 0 Å². The van der Waals surface area contributed by atoms with E-state index in [0.717, 1.165) is 54.4 Å². The molecule has 1 atom stereocenters. The molecule has 0 amide bonds. The van der Waals surface area contributed by atoms with E-state index in [9.17, 15) is 4.79 Å². The van der Waals surface area contributed by atoms with Crippen molar-refractivity contribution >= 4 is 12.0 Å². The summed E-state index contributed by atoms with van der Waals surface area (Å²) in [6.45, 7) is 3.30. The fourth-order valence-electron chi connectivity index (χ4n) is 3.62. The average molecular weight is 395 g/mol. The first-order valence-electron chi connectivity index (χ1n) is 10.6. The number of pyridine rings is 1. The molecular weight excluding hydrogens is 364 g/mol. The molecule has 29 heavy (non-hydrogen) atoms. The third-order valence-corrected chi connectivity index (χ3v) is 5.95. The zero-order chi connectivity index (χ0) is 20.2. The minimum absolute atomic E-state index is 0.0214. The number of ether oxygens (including phenoxy) is 1. The Balaban J connectivity index is 1.44. The first kappa shape index (κ1) is 19.8. The lowest BCUT2D eigenvalue weighted by Gasteiger charge is -2.28. The topological polar surface area (TPSA) is 75.6 Å². The lowest BCUT2D eigenvalue weighted by Crippen LogP contribution is -2.37. The van der Waals surface area contributed by atoms with E-state index in [4.69, 9.17) is 4.74 Å². The van der Waals surface area contributed by atoms with Gasteiger partial charge in [0.1, 0.15) is 5.75 Å². The maximum absolute atomic E-state index is 12.8. The molecule has 0 spiro atoms. The van der Waals surface area contributed by atoms with E-state index in [1.54, 1.807) is 6.20 Å². The van der Waals surface area contributed by atoms with Crippen LogP contribution in [-0.2, 0) is 11.3 Å². The molecule has 1 aromatic rings. The largest absolute Gasteiger partial charge is 0.491 e. The van der Waals surface area contributed by atoms with Crippen molar-refractivity contribution < 1.29 is 9.53 Å². The van der Waals surface area contributed by atoms with Crippen LogP contribution in [0, 0.1) is 18.8 Å². The third kappa shape index (κ3) is 4.75. The van der Waals surface area contributed by atoms with Gasteiger partial charge >= 0.3 is 0 Å². The SMILES string of the molecule is CNC1C=CNC(C(=O)C2CCC2)=C1C=NCc1cc(C)c(OCC2CC2)cn1. The van der Waals surface area contributed by atoms with E-state index in [1.165, 1.54) is 12.8 Å². The van der Waals surface area contributed by atoms with Gasteiger partial charge in [-0.1, -0.05) is 6.42 Å². The van der Waals surface area contributed by atoms with Gasteiger partial charge in [-0.25, -0.2) is 0 Å². The first-order valence-corrected chi connectivity index (χ1v) is 10.6. The van der Waals surface area contributed by atoms with Crippen LogP contribution in [0.2, 0.25) is 0 Å². The fourth-order valence-corrected chi connectivity index (χ4v) is 3.62. The van der Waals surface area contributed by atoms with E-state index < -0.39 is 0 Å². The number of ketones is 1. The predicted molar refractivity (Wildman–Crippen MR) is 114 cm³/mol. The van der Waals surface area contributed by atoms with Crippen molar-refractivity contribution in [2.75, 3.05) is 13.7 Å².